The first-order valence-corrected chi connectivity index (χ1v) is 12.1. The molecule has 0 aliphatic carbocycles. The van der Waals surface area contributed by atoms with Gasteiger partial charge in [-0.1, -0.05) is 67.6 Å². The number of aryl methyl sites for hydroxylation is 1. The Kier molecular flexibility index (Phi) is 6.80. The minimum atomic E-state index is -0.169. The van der Waals surface area contributed by atoms with Gasteiger partial charge in [0.1, 0.15) is 5.70 Å². The Balaban J connectivity index is 1.59. The molecule has 1 saturated heterocycles. The van der Waals surface area contributed by atoms with E-state index in [0.29, 0.717) is 16.8 Å². The van der Waals surface area contributed by atoms with Crippen LogP contribution in [0, 0.1) is 6.92 Å². The van der Waals surface area contributed by atoms with Crippen LogP contribution >= 0.6 is 11.8 Å². The molecule has 0 atom stereocenters. The molecule has 4 rings (SSSR count). The molecular weight excluding hydrogens is 418 g/mol. The van der Waals surface area contributed by atoms with Crippen LogP contribution in [0.5, 0.6) is 0 Å². The molecule has 0 radical (unpaired) electrons. The minimum Gasteiger partial charge on any atom is -0.342 e. The number of likely N-dealkylation sites (tertiary alicyclic amines) is 1. The summed E-state index contributed by atoms with van der Waals surface area (Å²) in [4.78, 5) is 34.0. The molecule has 2 aliphatic heterocycles. The van der Waals surface area contributed by atoms with E-state index in [-0.39, 0.29) is 17.6 Å². The van der Waals surface area contributed by atoms with E-state index in [0.717, 1.165) is 42.7 Å². The molecular formula is C26H29N3O2S. The van der Waals surface area contributed by atoms with E-state index < -0.39 is 0 Å². The average molecular weight is 448 g/mol. The Bertz CT molecular complexity index is 1050. The maximum atomic E-state index is 13.3. The predicted molar refractivity (Wildman–Crippen MR) is 133 cm³/mol. The third-order valence-corrected chi connectivity index (χ3v) is 6.74. The van der Waals surface area contributed by atoms with E-state index in [2.05, 4.69) is 31.0 Å². The molecule has 5 nitrogen and oxygen atoms in total. The quantitative estimate of drug-likeness (QED) is 0.591. The van der Waals surface area contributed by atoms with Crippen molar-refractivity contribution in [3.8, 4) is 0 Å². The summed E-state index contributed by atoms with van der Waals surface area (Å²) < 4.78 is 0. The lowest BCUT2D eigenvalue weighted by Crippen LogP contribution is -2.33. The molecule has 166 valence electrons. The first-order chi connectivity index (χ1) is 15.4. The Hall–Kier alpha value is -2.86. The molecule has 2 aromatic rings. The second-order valence-corrected chi connectivity index (χ2v) is 9.54. The van der Waals surface area contributed by atoms with Crippen molar-refractivity contribution in [2.75, 3.05) is 23.7 Å². The smallest absolute Gasteiger partial charge is 0.283 e. The van der Waals surface area contributed by atoms with Crippen molar-refractivity contribution in [2.45, 2.75) is 39.5 Å². The number of carbonyl (C=O) groups is 2. The van der Waals surface area contributed by atoms with Crippen molar-refractivity contribution in [3.63, 3.8) is 0 Å². The van der Waals surface area contributed by atoms with Crippen molar-refractivity contribution < 1.29 is 9.59 Å². The molecule has 2 aliphatic rings. The lowest BCUT2D eigenvalue weighted by atomic mass is 10.0. The SMILES string of the molecule is Cc1ccc(N2C(=O)/C(=C/c3ccc(C(C)C)cc3)N=C2SCC(=O)N2CCCC2)cc1. The minimum absolute atomic E-state index is 0.105. The number of thioether (sulfide) groups is 1. The van der Waals surface area contributed by atoms with Crippen LogP contribution in [0.3, 0.4) is 0 Å². The van der Waals surface area contributed by atoms with Gasteiger partial charge >= 0.3 is 0 Å². The predicted octanol–water partition coefficient (Wildman–Crippen LogP) is 5.22. The van der Waals surface area contributed by atoms with Gasteiger partial charge in [0.05, 0.1) is 11.4 Å². The number of benzene rings is 2. The molecule has 1 fully saturated rings. The second-order valence-electron chi connectivity index (χ2n) is 8.60. The van der Waals surface area contributed by atoms with Gasteiger partial charge in [0, 0.05) is 13.1 Å². The molecule has 6 heteroatoms. The average Bonchev–Trinajstić information content (AvgIpc) is 3.42. The van der Waals surface area contributed by atoms with Crippen molar-refractivity contribution in [3.05, 3.63) is 70.9 Å². The Morgan fingerprint density at radius 3 is 2.34 bits per heavy atom. The maximum absolute atomic E-state index is 13.3. The highest BCUT2D eigenvalue weighted by Crippen LogP contribution is 2.30. The Morgan fingerprint density at radius 1 is 1.06 bits per heavy atom. The zero-order valence-electron chi connectivity index (χ0n) is 18.9. The van der Waals surface area contributed by atoms with Crippen LogP contribution in [0.15, 0.2) is 59.2 Å². The summed E-state index contributed by atoms with van der Waals surface area (Å²) in [5, 5.41) is 0.552. The van der Waals surface area contributed by atoms with Crippen LogP contribution in [0.4, 0.5) is 5.69 Å². The highest BCUT2D eigenvalue weighted by Gasteiger charge is 2.33. The molecule has 32 heavy (non-hydrogen) atoms. The molecule has 2 amide bonds. The van der Waals surface area contributed by atoms with Gasteiger partial charge < -0.3 is 4.90 Å². The van der Waals surface area contributed by atoms with Gasteiger partial charge in [-0.2, -0.15) is 0 Å². The lowest BCUT2D eigenvalue weighted by Gasteiger charge is -2.19. The van der Waals surface area contributed by atoms with Crippen LogP contribution < -0.4 is 4.90 Å². The van der Waals surface area contributed by atoms with Crippen molar-refractivity contribution in [2.24, 2.45) is 4.99 Å². The molecule has 0 bridgehead atoms. The van der Waals surface area contributed by atoms with Gasteiger partial charge in [-0.05, 0) is 55.0 Å². The molecule has 0 saturated carbocycles. The number of amidine groups is 1. The van der Waals surface area contributed by atoms with E-state index in [1.807, 2.05) is 54.3 Å². The van der Waals surface area contributed by atoms with Crippen LogP contribution in [0.25, 0.3) is 6.08 Å². The lowest BCUT2D eigenvalue weighted by molar-refractivity contribution is -0.127. The maximum Gasteiger partial charge on any atom is 0.283 e. The van der Waals surface area contributed by atoms with Crippen molar-refractivity contribution in [1.29, 1.82) is 0 Å². The molecule has 0 aromatic heterocycles. The third kappa shape index (κ3) is 4.96. The number of carbonyl (C=O) groups excluding carboxylic acids is 2. The number of hydrogen-bond donors (Lipinski definition) is 0. The van der Waals surface area contributed by atoms with E-state index >= 15 is 0 Å². The first-order valence-electron chi connectivity index (χ1n) is 11.1. The summed E-state index contributed by atoms with van der Waals surface area (Å²) in [5.41, 5.74) is 4.46. The van der Waals surface area contributed by atoms with Crippen molar-refractivity contribution >= 4 is 40.5 Å². The van der Waals surface area contributed by atoms with Crippen molar-refractivity contribution in [1.82, 2.24) is 4.90 Å². The van der Waals surface area contributed by atoms with Gasteiger partial charge in [-0.25, -0.2) is 4.99 Å². The molecule has 0 spiro atoms. The van der Waals surface area contributed by atoms with Crippen LogP contribution in [-0.2, 0) is 9.59 Å². The molecule has 0 unspecified atom stereocenters. The standard InChI is InChI=1S/C26H29N3O2S/c1-18(2)21-10-8-20(9-11-21)16-23-25(31)29(22-12-6-19(3)7-13-22)26(27-23)32-17-24(30)28-14-4-5-15-28/h6-13,16,18H,4-5,14-15,17H2,1-3H3/b23-16-. The Morgan fingerprint density at radius 2 is 1.72 bits per heavy atom. The third-order valence-electron chi connectivity index (χ3n) is 5.81. The number of amides is 2. The summed E-state index contributed by atoms with van der Waals surface area (Å²) in [7, 11) is 0. The number of rotatable bonds is 5. The number of nitrogens with zero attached hydrogens (tertiary/aromatic N) is 3. The zero-order chi connectivity index (χ0) is 22.7. The van der Waals surface area contributed by atoms with Crippen LogP contribution in [0.1, 0.15) is 49.3 Å². The molecule has 2 heterocycles. The number of anilines is 1. The number of hydrogen-bond acceptors (Lipinski definition) is 4. The first kappa shape index (κ1) is 22.3. The largest absolute Gasteiger partial charge is 0.342 e. The van der Waals surface area contributed by atoms with Crippen LogP contribution in [0.2, 0.25) is 0 Å². The van der Waals surface area contributed by atoms with Gasteiger partial charge in [-0.3, -0.25) is 14.5 Å². The molecule has 2 aromatic carbocycles. The van der Waals surface area contributed by atoms with E-state index in [9.17, 15) is 9.59 Å². The second kappa shape index (κ2) is 9.74. The normalized spacial score (nSPS) is 17.6. The highest BCUT2D eigenvalue weighted by atomic mass is 32.2. The number of aliphatic imine (C=N–C) groups is 1. The topological polar surface area (TPSA) is 53.0 Å². The van der Waals surface area contributed by atoms with Gasteiger partial charge in [0.2, 0.25) is 5.91 Å². The van der Waals surface area contributed by atoms with Gasteiger partial charge in [0.15, 0.2) is 5.17 Å². The Labute approximate surface area is 194 Å². The van der Waals surface area contributed by atoms with E-state index in [1.54, 1.807) is 4.90 Å². The monoisotopic (exact) mass is 447 g/mol. The molecule has 0 N–H and O–H groups in total. The van der Waals surface area contributed by atoms with Gasteiger partial charge in [0.25, 0.3) is 5.91 Å². The summed E-state index contributed by atoms with van der Waals surface area (Å²) in [6.07, 6.45) is 3.95. The summed E-state index contributed by atoms with van der Waals surface area (Å²) >= 11 is 1.33. The fourth-order valence-electron chi connectivity index (χ4n) is 3.83. The van der Waals surface area contributed by atoms with Crippen LogP contribution in [-0.4, -0.2) is 40.7 Å². The summed E-state index contributed by atoms with van der Waals surface area (Å²) in [5.74, 6) is 0.673. The fourth-order valence-corrected chi connectivity index (χ4v) is 4.75. The highest BCUT2D eigenvalue weighted by molar-refractivity contribution is 8.14. The van der Waals surface area contributed by atoms with Gasteiger partial charge in [-0.15, -0.1) is 0 Å². The zero-order valence-corrected chi connectivity index (χ0v) is 19.7. The fraction of sp³-hybridized carbons (Fsp3) is 0.346. The summed E-state index contributed by atoms with van der Waals surface area (Å²) in [6.45, 7) is 7.98. The summed E-state index contributed by atoms with van der Waals surface area (Å²) in [6, 6.07) is 16.0. The van der Waals surface area contributed by atoms with E-state index in [4.69, 9.17) is 0 Å². The van der Waals surface area contributed by atoms with E-state index in [1.165, 1.54) is 17.3 Å².